The summed E-state index contributed by atoms with van der Waals surface area (Å²) in [5.74, 6) is 0.160. The Kier molecular flexibility index (Phi) is 5.89. The van der Waals surface area contributed by atoms with Gasteiger partial charge < -0.3 is 10.2 Å². The Labute approximate surface area is 171 Å². The van der Waals surface area contributed by atoms with Crippen molar-refractivity contribution in [2.24, 2.45) is 5.92 Å². The van der Waals surface area contributed by atoms with Crippen LogP contribution in [0, 0.1) is 11.7 Å². The van der Waals surface area contributed by atoms with Crippen LogP contribution in [-0.4, -0.2) is 25.5 Å². The number of nitrogens with one attached hydrogen (secondary N) is 1. The van der Waals surface area contributed by atoms with Crippen molar-refractivity contribution in [2.75, 3.05) is 24.5 Å². The maximum absolute atomic E-state index is 13.1. The van der Waals surface area contributed by atoms with E-state index in [-0.39, 0.29) is 11.7 Å². The van der Waals surface area contributed by atoms with Gasteiger partial charge in [-0.15, -0.1) is 0 Å². The summed E-state index contributed by atoms with van der Waals surface area (Å²) in [5, 5.41) is 3.12. The molecule has 0 saturated carbocycles. The average molecular weight is 388 g/mol. The lowest BCUT2D eigenvalue weighted by Crippen LogP contribution is -2.31. The van der Waals surface area contributed by atoms with E-state index in [1.165, 1.54) is 17.7 Å². The van der Waals surface area contributed by atoms with Crippen LogP contribution in [0.2, 0.25) is 0 Å². The molecule has 1 aliphatic rings. The smallest absolute Gasteiger partial charge is 0.251 e. The van der Waals surface area contributed by atoms with Crippen molar-refractivity contribution in [3.8, 4) is 0 Å². The van der Waals surface area contributed by atoms with Crippen LogP contribution in [-0.2, 0) is 6.42 Å². The largest absolute Gasteiger partial charge is 0.371 e. The average Bonchev–Trinajstić information content (AvgIpc) is 3.23. The summed E-state index contributed by atoms with van der Waals surface area (Å²) in [6, 6.07) is 24.6. The number of benzene rings is 3. The van der Waals surface area contributed by atoms with E-state index in [1.807, 2.05) is 54.6 Å². The van der Waals surface area contributed by atoms with Gasteiger partial charge in [0.05, 0.1) is 0 Å². The van der Waals surface area contributed by atoms with Gasteiger partial charge in [-0.1, -0.05) is 48.5 Å². The fourth-order valence-electron chi connectivity index (χ4n) is 3.93. The molecule has 1 amide bonds. The maximum atomic E-state index is 13.1. The number of carbonyl (C=O) groups is 1. The summed E-state index contributed by atoms with van der Waals surface area (Å²) in [4.78, 5) is 15.1. The van der Waals surface area contributed by atoms with Crippen LogP contribution in [0.4, 0.5) is 10.1 Å². The van der Waals surface area contributed by atoms with Crippen LogP contribution in [0.25, 0.3) is 0 Å². The third kappa shape index (κ3) is 4.83. The monoisotopic (exact) mass is 388 g/mol. The summed E-state index contributed by atoms with van der Waals surface area (Å²) in [6.45, 7) is 2.45. The molecule has 3 aromatic rings. The highest BCUT2D eigenvalue weighted by Crippen LogP contribution is 2.24. The minimum Gasteiger partial charge on any atom is -0.371 e. The predicted octanol–water partition coefficient (Wildman–Crippen LogP) is 4.67. The molecule has 1 saturated heterocycles. The molecule has 1 fully saturated rings. The van der Waals surface area contributed by atoms with E-state index in [0.717, 1.165) is 42.7 Å². The van der Waals surface area contributed by atoms with Gasteiger partial charge in [-0.3, -0.25) is 4.79 Å². The fourth-order valence-corrected chi connectivity index (χ4v) is 3.93. The highest BCUT2D eigenvalue weighted by atomic mass is 19.1. The van der Waals surface area contributed by atoms with Crippen LogP contribution in [0.5, 0.6) is 0 Å². The molecule has 3 aromatic carbocycles. The lowest BCUT2D eigenvalue weighted by molar-refractivity contribution is 0.0947. The van der Waals surface area contributed by atoms with Gasteiger partial charge in [-0.25, -0.2) is 4.39 Å². The number of rotatable bonds is 6. The van der Waals surface area contributed by atoms with Crippen LogP contribution in [0.3, 0.4) is 0 Å². The Hall–Kier alpha value is -3.14. The number of halogens is 1. The zero-order chi connectivity index (χ0) is 20.1. The molecular formula is C25H25FN2O. The van der Waals surface area contributed by atoms with Crippen LogP contribution >= 0.6 is 0 Å². The molecule has 1 atom stereocenters. The molecular weight excluding hydrogens is 363 g/mol. The Morgan fingerprint density at radius 1 is 0.966 bits per heavy atom. The van der Waals surface area contributed by atoms with Gasteiger partial charge in [-0.2, -0.15) is 0 Å². The molecule has 4 rings (SSSR count). The summed E-state index contributed by atoms with van der Waals surface area (Å²) in [5.41, 5.74) is 4.01. The van der Waals surface area contributed by atoms with Crippen molar-refractivity contribution in [3.05, 3.63) is 101 Å². The minimum absolute atomic E-state index is 0.0169. The van der Waals surface area contributed by atoms with Gasteiger partial charge in [-0.05, 0) is 60.2 Å². The van der Waals surface area contributed by atoms with Gasteiger partial charge in [0.25, 0.3) is 5.91 Å². The van der Waals surface area contributed by atoms with E-state index in [4.69, 9.17) is 0 Å². The van der Waals surface area contributed by atoms with Crippen LogP contribution < -0.4 is 10.2 Å². The fraction of sp³-hybridized carbons (Fsp3) is 0.240. The normalized spacial score (nSPS) is 16.0. The van der Waals surface area contributed by atoms with Gasteiger partial charge in [0, 0.05) is 30.9 Å². The Balaban J connectivity index is 1.35. The summed E-state index contributed by atoms with van der Waals surface area (Å²) in [7, 11) is 0. The number of carbonyl (C=O) groups excluding carboxylic acids is 1. The van der Waals surface area contributed by atoms with Gasteiger partial charge >= 0.3 is 0 Å². The van der Waals surface area contributed by atoms with E-state index in [9.17, 15) is 9.18 Å². The molecule has 0 spiro atoms. The second-order valence-corrected chi connectivity index (χ2v) is 7.61. The van der Waals surface area contributed by atoms with Crippen molar-refractivity contribution in [1.29, 1.82) is 0 Å². The van der Waals surface area contributed by atoms with Crippen molar-refractivity contribution in [1.82, 2.24) is 5.32 Å². The first-order valence-corrected chi connectivity index (χ1v) is 10.1. The Morgan fingerprint density at radius 2 is 1.69 bits per heavy atom. The highest BCUT2D eigenvalue weighted by molar-refractivity contribution is 5.95. The van der Waals surface area contributed by atoms with E-state index >= 15 is 0 Å². The Morgan fingerprint density at radius 3 is 2.48 bits per heavy atom. The minimum atomic E-state index is -0.217. The quantitative estimate of drug-likeness (QED) is 0.665. The molecule has 1 unspecified atom stereocenters. The summed E-state index contributed by atoms with van der Waals surface area (Å²) >= 11 is 0. The molecule has 0 bridgehead atoms. The SMILES string of the molecule is O=C(NCC1CCN(c2ccc(F)cc2)C1)c1ccccc1Cc1ccccc1. The van der Waals surface area contributed by atoms with E-state index in [2.05, 4.69) is 22.3 Å². The molecule has 148 valence electrons. The first kappa shape index (κ1) is 19.2. The molecule has 29 heavy (non-hydrogen) atoms. The number of hydrogen-bond donors (Lipinski definition) is 1. The number of anilines is 1. The van der Waals surface area contributed by atoms with E-state index in [1.54, 1.807) is 0 Å². The molecule has 1 aliphatic heterocycles. The zero-order valence-electron chi connectivity index (χ0n) is 16.4. The standard InChI is InChI=1S/C25H25FN2O/c26-22-10-12-23(13-11-22)28-15-14-20(18-28)17-27-25(29)24-9-5-4-8-21(24)16-19-6-2-1-3-7-19/h1-13,20H,14-18H2,(H,27,29). The first-order valence-electron chi connectivity index (χ1n) is 10.1. The summed E-state index contributed by atoms with van der Waals surface area (Å²) in [6.07, 6.45) is 1.76. The van der Waals surface area contributed by atoms with Crippen LogP contribution in [0.1, 0.15) is 27.9 Å². The highest BCUT2D eigenvalue weighted by Gasteiger charge is 2.23. The maximum Gasteiger partial charge on any atom is 0.251 e. The lowest BCUT2D eigenvalue weighted by Gasteiger charge is -2.19. The molecule has 4 heteroatoms. The number of amides is 1. The second kappa shape index (κ2) is 8.91. The zero-order valence-corrected chi connectivity index (χ0v) is 16.4. The molecule has 0 aromatic heterocycles. The van der Waals surface area contributed by atoms with E-state index in [0.29, 0.717) is 12.5 Å². The Bertz CT molecular complexity index is 956. The number of hydrogen-bond acceptors (Lipinski definition) is 2. The van der Waals surface area contributed by atoms with Gasteiger partial charge in [0.15, 0.2) is 0 Å². The first-order chi connectivity index (χ1) is 14.2. The lowest BCUT2D eigenvalue weighted by atomic mass is 9.99. The van der Waals surface area contributed by atoms with Crippen molar-refractivity contribution >= 4 is 11.6 Å². The molecule has 3 nitrogen and oxygen atoms in total. The molecule has 0 aliphatic carbocycles. The van der Waals surface area contributed by atoms with Crippen LogP contribution in [0.15, 0.2) is 78.9 Å². The molecule has 0 radical (unpaired) electrons. The van der Waals surface area contributed by atoms with Gasteiger partial charge in [0.1, 0.15) is 5.82 Å². The summed E-state index contributed by atoms with van der Waals surface area (Å²) < 4.78 is 13.1. The van der Waals surface area contributed by atoms with Crippen molar-refractivity contribution < 1.29 is 9.18 Å². The molecule has 1 heterocycles. The second-order valence-electron chi connectivity index (χ2n) is 7.61. The third-order valence-corrected chi connectivity index (χ3v) is 5.53. The predicted molar refractivity (Wildman–Crippen MR) is 115 cm³/mol. The molecule has 1 N–H and O–H groups in total. The topological polar surface area (TPSA) is 32.3 Å². The van der Waals surface area contributed by atoms with E-state index < -0.39 is 0 Å². The number of nitrogens with zero attached hydrogens (tertiary/aromatic N) is 1. The van der Waals surface area contributed by atoms with Crippen molar-refractivity contribution in [3.63, 3.8) is 0 Å². The van der Waals surface area contributed by atoms with Gasteiger partial charge in [0.2, 0.25) is 0 Å². The third-order valence-electron chi connectivity index (χ3n) is 5.53. The van der Waals surface area contributed by atoms with Crippen molar-refractivity contribution in [2.45, 2.75) is 12.8 Å².